The van der Waals surface area contributed by atoms with Crippen LogP contribution in [0.2, 0.25) is 0 Å². The van der Waals surface area contributed by atoms with E-state index in [-0.39, 0.29) is 32.5 Å². The number of aryl methyl sites for hydroxylation is 2. The molecule has 5 rings (SSSR count). The summed E-state index contributed by atoms with van der Waals surface area (Å²) in [6, 6.07) is 17.7. The molecule has 7 heteroatoms. The normalized spacial score (nSPS) is 13.5. The zero-order valence-corrected chi connectivity index (χ0v) is 43.4. The molecule has 338 valence electrons. The lowest BCUT2D eigenvalue weighted by molar-refractivity contribution is 0.0204. The third-order valence-electron chi connectivity index (χ3n) is 11.3. The van der Waals surface area contributed by atoms with Crippen LogP contribution < -0.4 is 9.26 Å². The fourth-order valence-corrected chi connectivity index (χ4v) is 8.89. The first kappa shape index (κ1) is 48.9. The summed E-state index contributed by atoms with van der Waals surface area (Å²) >= 11 is 0. The lowest BCUT2D eigenvalue weighted by Gasteiger charge is -2.28. The van der Waals surface area contributed by atoms with Crippen molar-refractivity contribution in [1.29, 1.82) is 0 Å². The predicted molar refractivity (Wildman–Crippen MR) is 263 cm³/mol. The minimum absolute atomic E-state index is 0.130. The van der Waals surface area contributed by atoms with E-state index in [1.807, 2.05) is 20.8 Å². The van der Waals surface area contributed by atoms with Gasteiger partial charge in [0.2, 0.25) is 0 Å². The third-order valence-corrected chi connectivity index (χ3v) is 12.3. The molecule has 0 spiro atoms. The number of fused-ring (bicyclic) bond motifs is 3. The average Bonchev–Trinajstić information content (AvgIpc) is 3.21. The highest BCUT2D eigenvalue weighted by Crippen LogP contribution is 2.52. The highest BCUT2D eigenvalue weighted by molar-refractivity contribution is 7.32. The maximum absolute atomic E-state index is 13.6. The van der Waals surface area contributed by atoms with Crippen molar-refractivity contribution in [3.8, 4) is 22.6 Å². The Hall–Kier alpha value is -4.15. The van der Waals surface area contributed by atoms with Gasteiger partial charge in [0.25, 0.3) is 0 Å². The van der Waals surface area contributed by atoms with E-state index < -0.39 is 20.0 Å². The number of rotatable bonds is 4. The molecule has 1 heterocycles. The van der Waals surface area contributed by atoms with Gasteiger partial charge in [0.1, 0.15) is 28.3 Å². The fourth-order valence-electron chi connectivity index (χ4n) is 7.74. The van der Waals surface area contributed by atoms with Crippen molar-refractivity contribution in [2.24, 2.45) is 0 Å². The Bertz CT molecular complexity index is 2460. The number of benzene rings is 4. The number of ether oxygens (including phenoxy) is 2. The van der Waals surface area contributed by atoms with E-state index in [1.54, 1.807) is 0 Å². The van der Waals surface area contributed by atoms with Gasteiger partial charge in [0.15, 0.2) is 0 Å². The van der Waals surface area contributed by atoms with Crippen LogP contribution >= 0.6 is 8.24 Å². The van der Waals surface area contributed by atoms with Gasteiger partial charge >= 0.3 is 14.4 Å². The van der Waals surface area contributed by atoms with Crippen molar-refractivity contribution in [1.82, 2.24) is 0 Å². The van der Waals surface area contributed by atoms with E-state index in [0.717, 1.165) is 66.4 Å². The highest BCUT2D eigenvalue weighted by atomic mass is 31.1. The van der Waals surface area contributed by atoms with Crippen LogP contribution in [0.1, 0.15) is 190 Å². The molecule has 0 aliphatic carbocycles. The largest absolute Gasteiger partial charge is 0.514 e. The molecule has 0 unspecified atom stereocenters. The first-order chi connectivity index (χ1) is 27.9. The van der Waals surface area contributed by atoms with Gasteiger partial charge in [-0.1, -0.05) is 149 Å². The zero-order chi connectivity index (χ0) is 47.1. The highest BCUT2D eigenvalue weighted by Gasteiger charge is 2.33. The Morgan fingerprint density at radius 3 is 1.15 bits per heavy atom. The first-order valence-electron chi connectivity index (χ1n) is 22.3. The van der Waals surface area contributed by atoms with Crippen molar-refractivity contribution in [2.45, 2.75) is 197 Å². The third kappa shape index (κ3) is 10.8. The molecule has 0 saturated heterocycles. The van der Waals surface area contributed by atoms with Gasteiger partial charge in [-0.25, -0.2) is 4.79 Å². The number of carbonyl (C=O) groups is 1. The van der Waals surface area contributed by atoms with E-state index in [4.69, 9.17) is 22.4 Å². The fraction of sp³-hybridized carbons (Fsp3) is 0.545. The van der Waals surface area contributed by atoms with Crippen LogP contribution in [0.3, 0.4) is 0 Å². The summed E-state index contributed by atoms with van der Waals surface area (Å²) < 4.78 is 34.2. The molecule has 0 radical (unpaired) electrons. The van der Waals surface area contributed by atoms with Crippen LogP contribution in [0.15, 0.2) is 56.9 Å². The molecule has 0 N–H and O–H groups in total. The maximum atomic E-state index is 13.6. The van der Waals surface area contributed by atoms with Crippen molar-refractivity contribution in [3.05, 3.63) is 93.0 Å². The van der Waals surface area contributed by atoms with Crippen LogP contribution in [0, 0.1) is 13.8 Å². The Morgan fingerprint density at radius 1 is 0.452 bits per heavy atom. The molecule has 4 aromatic carbocycles. The van der Waals surface area contributed by atoms with E-state index in [2.05, 4.69) is 187 Å². The molecule has 0 amide bonds. The SMILES string of the molecule is Cc1cc(-c2cc(C)cc(C(C)(C)C)c2Op2oc3c(C(C)(C)C)cc(C(C)(C)C)cc3c3cc(C(C)(C)C)cc(C(C)(C)C)c3o2)c(OC(=O)OC(C)(C)C)c(C(C)(C)C)c1. The molecule has 0 fully saturated rings. The summed E-state index contributed by atoms with van der Waals surface area (Å²) in [6.45, 7) is 49.7. The average molecular weight is 865 g/mol. The summed E-state index contributed by atoms with van der Waals surface area (Å²) in [6.07, 6.45) is -0.763. The maximum Gasteiger partial charge on any atom is 0.514 e. The molecule has 0 aliphatic heterocycles. The molecule has 0 atom stereocenters. The Labute approximate surface area is 375 Å². The van der Waals surface area contributed by atoms with Crippen LogP contribution in [-0.2, 0) is 37.2 Å². The molecule has 6 nitrogen and oxygen atoms in total. The van der Waals surface area contributed by atoms with E-state index in [9.17, 15) is 4.79 Å². The molecule has 5 aromatic rings. The number of carbonyl (C=O) groups excluding carboxylic acids is 1. The van der Waals surface area contributed by atoms with Crippen LogP contribution in [-0.4, -0.2) is 11.8 Å². The van der Waals surface area contributed by atoms with Crippen LogP contribution in [0.4, 0.5) is 4.79 Å². The Morgan fingerprint density at radius 2 is 0.806 bits per heavy atom. The number of hydrogen-bond acceptors (Lipinski definition) is 6. The van der Waals surface area contributed by atoms with Gasteiger partial charge in [0.05, 0.1) is 0 Å². The molecular weight excluding hydrogens is 788 g/mol. The van der Waals surface area contributed by atoms with Crippen LogP contribution in [0.25, 0.3) is 33.1 Å². The summed E-state index contributed by atoms with van der Waals surface area (Å²) in [4.78, 5) is 13.6. The molecule has 62 heavy (non-hydrogen) atoms. The minimum atomic E-state index is -2.14. The van der Waals surface area contributed by atoms with Crippen molar-refractivity contribution < 1.29 is 27.2 Å². The van der Waals surface area contributed by atoms with E-state index >= 15 is 0 Å². The molecule has 0 bridgehead atoms. The monoisotopic (exact) mass is 865 g/mol. The summed E-state index contributed by atoms with van der Waals surface area (Å²) in [5.74, 6) is 1.05. The van der Waals surface area contributed by atoms with Crippen molar-refractivity contribution >= 4 is 36.3 Å². The topological polar surface area (TPSA) is 71.0 Å². The van der Waals surface area contributed by atoms with Gasteiger partial charge < -0.3 is 22.4 Å². The summed E-state index contributed by atoms with van der Waals surface area (Å²) in [7, 11) is -2.14. The second kappa shape index (κ2) is 16.1. The second-order valence-corrected chi connectivity index (χ2v) is 25.7. The Balaban J connectivity index is 2.04. The zero-order valence-electron chi connectivity index (χ0n) is 42.5. The van der Waals surface area contributed by atoms with Crippen LogP contribution in [0.5, 0.6) is 11.5 Å². The number of hydrogen-bond donors (Lipinski definition) is 0. The first-order valence-corrected chi connectivity index (χ1v) is 23.4. The smallest absolute Gasteiger partial charge is 0.428 e. The lowest BCUT2D eigenvalue weighted by Crippen LogP contribution is -2.27. The summed E-state index contributed by atoms with van der Waals surface area (Å²) in [5.41, 5.74) is 9.28. The van der Waals surface area contributed by atoms with Gasteiger partial charge in [0, 0.05) is 44.2 Å². The minimum Gasteiger partial charge on any atom is -0.428 e. The van der Waals surface area contributed by atoms with Crippen molar-refractivity contribution in [2.75, 3.05) is 0 Å². The molecule has 0 aliphatic rings. The second-order valence-electron chi connectivity index (χ2n) is 24.7. The quantitative estimate of drug-likeness (QED) is 0.132. The van der Waals surface area contributed by atoms with Crippen molar-refractivity contribution in [3.63, 3.8) is 0 Å². The molecule has 1 aromatic heterocycles. The van der Waals surface area contributed by atoms with Gasteiger partial charge in [-0.05, 0) is 114 Å². The van der Waals surface area contributed by atoms with E-state index in [1.165, 1.54) is 11.1 Å². The van der Waals surface area contributed by atoms with E-state index in [0.29, 0.717) is 11.5 Å². The molecule has 0 saturated carbocycles. The van der Waals surface area contributed by atoms with Gasteiger partial charge in [-0.15, -0.1) is 0 Å². The predicted octanol–water partition coefficient (Wildman–Crippen LogP) is 17.5. The standard InChI is InChI=1S/C55H77O6P/c1-32-24-36(44(40(26-32)51(9,10)11)57-48(56)58-55(21,22)23)37-25-33(2)27-41(52(12,13)14)45(37)59-62-60-46-38(28-34(49(3,4)5)30-42(46)53(15,16)17)39-29-35(50(6,7)8)31-43(47(39)61-62)54(18,19)20/h24-31H,1-23H3. The van der Waals surface area contributed by atoms with Gasteiger partial charge in [-0.2, -0.15) is 0 Å². The molecular formula is C55H77O6P. The Kier molecular flexibility index (Phi) is 12.7. The van der Waals surface area contributed by atoms with Gasteiger partial charge in [-0.3, -0.25) is 0 Å². The lowest BCUT2D eigenvalue weighted by atomic mass is 9.77. The summed E-state index contributed by atoms with van der Waals surface area (Å²) in [5, 5.41) is 2.01.